The van der Waals surface area contributed by atoms with Gasteiger partial charge in [-0.15, -0.1) is 0 Å². The van der Waals surface area contributed by atoms with E-state index in [2.05, 4.69) is 10.3 Å². The van der Waals surface area contributed by atoms with Crippen molar-refractivity contribution in [1.29, 1.82) is 0 Å². The van der Waals surface area contributed by atoms with Crippen LogP contribution in [0.3, 0.4) is 0 Å². The number of rotatable bonds is 6. The van der Waals surface area contributed by atoms with E-state index in [1.54, 1.807) is 18.3 Å². The van der Waals surface area contributed by atoms with E-state index in [1.165, 1.54) is 0 Å². The third-order valence-corrected chi connectivity index (χ3v) is 2.65. The molecule has 0 fully saturated rings. The number of hydrogen-bond acceptors (Lipinski definition) is 4. The van der Waals surface area contributed by atoms with Crippen LogP contribution >= 0.6 is 0 Å². The summed E-state index contributed by atoms with van der Waals surface area (Å²) in [7, 11) is 0. The monoisotopic (exact) mass is 272 g/mol. The summed E-state index contributed by atoms with van der Waals surface area (Å²) >= 11 is 0. The molecule has 0 aliphatic carbocycles. The summed E-state index contributed by atoms with van der Waals surface area (Å²) < 4.78 is 5.66. The molecule has 0 atom stereocenters. The number of nitrogens with zero attached hydrogens (tertiary/aromatic N) is 1. The van der Waals surface area contributed by atoms with Crippen molar-refractivity contribution in [3.63, 3.8) is 0 Å². The first kappa shape index (κ1) is 14.0. The number of amides is 1. The SMILES string of the molecule is O=C(CO)NCc1cc(OCc2ccccc2)ccn1. The first-order valence-electron chi connectivity index (χ1n) is 6.27. The maximum atomic E-state index is 11.0. The third-order valence-electron chi connectivity index (χ3n) is 2.65. The van der Waals surface area contributed by atoms with Crippen LogP contribution in [0, 0.1) is 0 Å². The highest BCUT2D eigenvalue weighted by Gasteiger charge is 2.02. The third kappa shape index (κ3) is 4.37. The maximum absolute atomic E-state index is 11.0. The molecule has 0 radical (unpaired) electrons. The number of carbonyl (C=O) groups is 1. The summed E-state index contributed by atoms with van der Waals surface area (Å²) in [5.41, 5.74) is 1.76. The quantitative estimate of drug-likeness (QED) is 0.830. The van der Waals surface area contributed by atoms with Crippen LogP contribution in [-0.4, -0.2) is 22.6 Å². The van der Waals surface area contributed by atoms with Crippen LogP contribution in [0.15, 0.2) is 48.7 Å². The van der Waals surface area contributed by atoms with Crippen molar-refractivity contribution < 1.29 is 14.6 Å². The highest BCUT2D eigenvalue weighted by molar-refractivity contribution is 5.76. The van der Waals surface area contributed by atoms with Crippen LogP contribution in [0.25, 0.3) is 0 Å². The average Bonchev–Trinajstić information content (AvgIpc) is 2.52. The van der Waals surface area contributed by atoms with E-state index >= 15 is 0 Å². The number of aliphatic hydroxyl groups excluding tert-OH is 1. The molecule has 0 bridgehead atoms. The first-order valence-corrected chi connectivity index (χ1v) is 6.27. The van der Waals surface area contributed by atoms with Crippen molar-refractivity contribution in [1.82, 2.24) is 10.3 Å². The summed E-state index contributed by atoms with van der Waals surface area (Å²) in [5, 5.41) is 11.2. The molecule has 1 aromatic carbocycles. The summed E-state index contributed by atoms with van der Waals surface area (Å²) in [4.78, 5) is 15.1. The van der Waals surface area contributed by atoms with E-state index in [9.17, 15) is 4.79 Å². The average molecular weight is 272 g/mol. The van der Waals surface area contributed by atoms with Crippen molar-refractivity contribution in [2.24, 2.45) is 0 Å². The lowest BCUT2D eigenvalue weighted by atomic mass is 10.2. The second-order valence-corrected chi connectivity index (χ2v) is 4.19. The van der Waals surface area contributed by atoms with E-state index in [0.29, 0.717) is 18.1 Å². The molecule has 1 heterocycles. The molecule has 104 valence electrons. The number of aromatic nitrogens is 1. The molecule has 0 unspecified atom stereocenters. The number of carbonyl (C=O) groups excluding carboxylic acids is 1. The second-order valence-electron chi connectivity index (χ2n) is 4.19. The maximum Gasteiger partial charge on any atom is 0.246 e. The molecule has 20 heavy (non-hydrogen) atoms. The van der Waals surface area contributed by atoms with Crippen LogP contribution in [0.2, 0.25) is 0 Å². The smallest absolute Gasteiger partial charge is 0.246 e. The Balaban J connectivity index is 1.90. The van der Waals surface area contributed by atoms with Crippen molar-refractivity contribution in [2.75, 3.05) is 6.61 Å². The van der Waals surface area contributed by atoms with Crippen LogP contribution in [0.4, 0.5) is 0 Å². The molecule has 5 heteroatoms. The zero-order valence-corrected chi connectivity index (χ0v) is 11.0. The highest BCUT2D eigenvalue weighted by atomic mass is 16.5. The number of nitrogens with one attached hydrogen (secondary N) is 1. The Morgan fingerprint density at radius 1 is 1.25 bits per heavy atom. The highest BCUT2D eigenvalue weighted by Crippen LogP contribution is 2.13. The summed E-state index contributed by atoms with van der Waals surface area (Å²) in [5.74, 6) is 0.263. The number of pyridine rings is 1. The first-order chi connectivity index (χ1) is 9.78. The molecule has 2 rings (SSSR count). The summed E-state index contributed by atoms with van der Waals surface area (Å²) in [6.07, 6.45) is 1.63. The van der Waals surface area contributed by atoms with Crippen LogP contribution in [-0.2, 0) is 17.9 Å². The lowest BCUT2D eigenvalue weighted by molar-refractivity contribution is -0.123. The molecule has 5 nitrogen and oxygen atoms in total. The van der Waals surface area contributed by atoms with Crippen LogP contribution < -0.4 is 10.1 Å². The van der Waals surface area contributed by atoms with Gasteiger partial charge in [0.25, 0.3) is 0 Å². The second kappa shape index (κ2) is 7.25. The molecule has 0 aliphatic rings. The topological polar surface area (TPSA) is 71.5 Å². The van der Waals surface area contributed by atoms with Crippen molar-refractivity contribution in [3.8, 4) is 5.75 Å². The Kier molecular flexibility index (Phi) is 5.08. The molecule has 2 aromatic rings. The normalized spacial score (nSPS) is 10.1. The molecular formula is C15H16N2O3. The molecule has 2 N–H and O–H groups in total. The van der Waals surface area contributed by atoms with Gasteiger partial charge in [-0.25, -0.2) is 0 Å². The largest absolute Gasteiger partial charge is 0.489 e. The van der Waals surface area contributed by atoms with Crippen LogP contribution in [0.5, 0.6) is 5.75 Å². The molecular weight excluding hydrogens is 256 g/mol. The number of ether oxygens (including phenoxy) is 1. The van der Waals surface area contributed by atoms with Gasteiger partial charge >= 0.3 is 0 Å². The van der Waals surface area contributed by atoms with E-state index in [1.807, 2.05) is 30.3 Å². The summed E-state index contributed by atoms with van der Waals surface area (Å²) in [6.45, 7) is 0.222. The van der Waals surface area contributed by atoms with Crippen molar-refractivity contribution in [3.05, 3.63) is 59.9 Å². The Labute approximate surface area is 117 Å². The minimum Gasteiger partial charge on any atom is -0.489 e. The zero-order chi connectivity index (χ0) is 14.2. The van der Waals surface area contributed by atoms with Gasteiger partial charge in [0.05, 0.1) is 12.2 Å². The Bertz CT molecular complexity index is 558. The van der Waals surface area contributed by atoms with Gasteiger partial charge in [0.2, 0.25) is 5.91 Å². The molecule has 0 aliphatic heterocycles. The van der Waals surface area contributed by atoms with Crippen molar-refractivity contribution in [2.45, 2.75) is 13.2 Å². The minimum atomic E-state index is -0.524. The predicted octanol–water partition coefficient (Wildman–Crippen LogP) is 1.27. The van der Waals surface area contributed by atoms with Gasteiger partial charge in [-0.05, 0) is 11.6 Å². The van der Waals surface area contributed by atoms with Gasteiger partial charge in [0.1, 0.15) is 19.0 Å². The van der Waals surface area contributed by atoms with Gasteiger partial charge < -0.3 is 15.2 Å². The van der Waals surface area contributed by atoms with Crippen LogP contribution in [0.1, 0.15) is 11.3 Å². The van der Waals surface area contributed by atoms with Crippen molar-refractivity contribution >= 4 is 5.91 Å². The lowest BCUT2D eigenvalue weighted by Gasteiger charge is -2.08. The number of aliphatic hydroxyl groups is 1. The molecule has 0 spiro atoms. The summed E-state index contributed by atoms with van der Waals surface area (Å²) in [6, 6.07) is 13.4. The number of hydrogen-bond donors (Lipinski definition) is 2. The van der Waals surface area contributed by atoms with Gasteiger partial charge in [0.15, 0.2) is 0 Å². The molecule has 1 aromatic heterocycles. The number of benzene rings is 1. The predicted molar refractivity (Wildman–Crippen MR) is 73.9 cm³/mol. The lowest BCUT2D eigenvalue weighted by Crippen LogP contribution is -2.25. The fourth-order valence-corrected chi connectivity index (χ4v) is 1.63. The Morgan fingerprint density at radius 3 is 2.80 bits per heavy atom. The standard InChI is InChI=1S/C15H16N2O3/c18-10-15(19)17-9-13-8-14(6-7-16-13)20-11-12-4-2-1-3-5-12/h1-8,18H,9-11H2,(H,17,19). The fourth-order valence-electron chi connectivity index (χ4n) is 1.63. The Hall–Kier alpha value is -2.40. The molecule has 1 amide bonds. The van der Waals surface area contributed by atoms with Gasteiger partial charge in [-0.3, -0.25) is 9.78 Å². The van der Waals surface area contributed by atoms with Gasteiger partial charge in [-0.1, -0.05) is 30.3 Å². The van der Waals surface area contributed by atoms with E-state index in [-0.39, 0.29) is 6.54 Å². The molecule has 0 saturated heterocycles. The van der Waals surface area contributed by atoms with E-state index in [4.69, 9.17) is 9.84 Å². The molecule has 0 saturated carbocycles. The minimum absolute atomic E-state index is 0.266. The zero-order valence-electron chi connectivity index (χ0n) is 11.0. The van der Waals surface area contributed by atoms with Gasteiger partial charge in [-0.2, -0.15) is 0 Å². The fraction of sp³-hybridized carbons (Fsp3) is 0.200. The van der Waals surface area contributed by atoms with E-state index in [0.717, 1.165) is 5.56 Å². The Morgan fingerprint density at radius 2 is 2.05 bits per heavy atom. The van der Waals surface area contributed by atoms with Gasteiger partial charge in [0, 0.05) is 12.3 Å². The van der Waals surface area contributed by atoms with E-state index < -0.39 is 12.5 Å².